The zero-order valence-corrected chi connectivity index (χ0v) is 9.48. The smallest absolute Gasteiger partial charge is 0.407 e. The molecule has 1 amide bonds. The van der Waals surface area contributed by atoms with Crippen molar-refractivity contribution in [2.24, 2.45) is 0 Å². The Labute approximate surface area is 96.1 Å². The fourth-order valence-corrected chi connectivity index (χ4v) is 1.39. The van der Waals surface area contributed by atoms with E-state index in [4.69, 9.17) is 4.74 Å². The van der Waals surface area contributed by atoms with Gasteiger partial charge in [-0.15, -0.1) is 6.58 Å². The number of carbonyl (C=O) groups is 1. The molecule has 0 saturated heterocycles. The third-order valence-electron chi connectivity index (χ3n) is 2.16. The molecule has 3 heteroatoms. The average molecular weight is 219 g/mol. The van der Waals surface area contributed by atoms with E-state index in [9.17, 15) is 4.79 Å². The first-order valence-electron chi connectivity index (χ1n) is 5.36. The zero-order valence-electron chi connectivity index (χ0n) is 9.48. The second kappa shape index (κ2) is 6.67. The van der Waals surface area contributed by atoms with E-state index in [1.165, 1.54) is 0 Å². The van der Waals surface area contributed by atoms with Gasteiger partial charge in [0.05, 0.1) is 12.6 Å². The lowest BCUT2D eigenvalue weighted by molar-refractivity contribution is 0.150. The molecule has 16 heavy (non-hydrogen) atoms. The van der Waals surface area contributed by atoms with Crippen molar-refractivity contribution in [3.8, 4) is 0 Å². The number of ether oxygens (including phenoxy) is 1. The van der Waals surface area contributed by atoms with E-state index in [1.807, 2.05) is 30.3 Å². The molecular weight excluding hydrogens is 202 g/mol. The Kier molecular flexibility index (Phi) is 5.12. The van der Waals surface area contributed by atoms with Crippen LogP contribution in [-0.4, -0.2) is 18.7 Å². The molecule has 1 unspecified atom stereocenters. The molecule has 1 rings (SSSR count). The van der Waals surface area contributed by atoms with Gasteiger partial charge in [0.25, 0.3) is 0 Å². The van der Waals surface area contributed by atoms with Crippen LogP contribution in [0.1, 0.15) is 12.5 Å². The summed E-state index contributed by atoms with van der Waals surface area (Å²) >= 11 is 0. The number of alkyl carbamates (subject to hydrolysis) is 1. The molecule has 1 aromatic rings. The van der Waals surface area contributed by atoms with Crippen LogP contribution in [-0.2, 0) is 11.2 Å². The minimum atomic E-state index is -0.400. The second-order valence-corrected chi connectivity index (χ2v) is 3.40. The molecule has 0 radical (unpaired) electrons. The van der Waals surface area contributed by atoms with Crippen LogP contribution in [0.3, 0.4) is 0 Å². The van der Waals surface area contributed by atoms with Crippen molar-refractivity contribution in [1.82, 2.24) is 5.32 Å². The molecule has 0 saturated carbocycles. The molecule has 1 atom stereocenters. The number of hydrogen-bond donors (Lipinski definition) is 1. The highest BCUT2D eigenvalue weighted by atomic mass is 16.5. The van der Waals surface area contributed by atoms with Crippen LogP contribution < -0.4 is 5.32 Å². The van der Waals surface area contributed by atoms with Crippen LogP contribution in [0.25, 0.3) is 0 Å². The summed E-state index contributed by atoms with van der Waals surface area (Å²) in [4.78, 5) is 11.2. The van der Waals surface area contributed by atoms with E-state index in [1.54, 1.807) is 13.0 Å². The molecule has 0 aliphatic carbocycles. The fraction of sp³-hybridized carbons (Fsp3) is 0.308. The summed E-state index contributed by atoms with van der Waals surface area (Å²) < 4.78 is 4.81. The lowest BCUT2D eigenvalue weighted by Gasteiger charge is -2.14. The van der Waals surface area contributed by atoms with Crippen molar-refractivity contribution in [1.29, 1.82) is 0 Å². The Morgan fingerprint density at radius 3 is 2.75 bits per heavy atom. The van der Waals surface area contributed by atoms with Gasteiger partial charge in [-0.1, -0.05) is 36.4 Å². The topological polar surface area (TPSA) is 38.3 Å². The molecular formula is C13H17NO2. The van der Waals surface area contributed by atoms with Crippen LogP contribution in [0.15, 0.2) is 43.0 Å². The van der Waals surface area contributed by atoms with Crippen LogP contribution in [0.5, 0.6) is 0 Å². The molecule has 0 aliphatic rings. The third-order valence-corrected chi connectivity index (χ3v) is 2.16. The van der Waals surface area contributed by atoms with Crippen molar-refractivity contribution in [3.63, 3.8) is 0 Å². The average Bonchev–Trinajstić information content (AvgIpc) is 2.30. The third kappa shape index (κ3) is 4.17. The highest BCUT2D eigenvalue weighted by Gasteiger charge is 2.09. The van der Waals surface area contributed by atoms with Crippen LogP contribution in [0.4, 0.5) is 4.79 Å². The van der Waals surface area contributed by atoms with Crippen molar-refractivity contribution in [3.05, 3.63) is 48.6 Å². The Morgan fingerprint density at radius 2 is 2.19 bits per heavy atom. The molecule has 0 aromatic heterocycles. The first kappa shape index (κ1) is 12.3. The quantitative estimate of drug-likeness (QED) is 0.773. The largest absolute Gasteiger partial charge is 0.450 e. The Hall–Kier alpha value is -1.77. The normalized spacial score (nSPS) is 11.6. The summed E-state index contributed by atoms with van der Waals surface area (Å²) in [5.41, 5.74) is 1.16. The van der Waals surface area contributed by atoms with E-state index in [-0.39, 0.29) is 6.04 Å². The number of rotatable bonds is 5. The highest BCUT2D eigenvalue weighted by Crippen LogP contribution is 2.03. The molecule has 1 N–H and O–H groups in total. The molecule has 0 spiro atoms. The van der Waals surface area contributed by atoms with E-state index in [0.717, 1.165) is 12.0 Å². The summed E-state index contributed by atoms with van der Waals surface area (Å²) in [6.07, 6.45) is 2.04. The first-order chi connectivity index (χ1) is 7.76. The van der Waals surface area contributed by atoms with Gasteiger partial charge in [0.1, 0.15) is 0 Å². The number of hydrogen-bond acceptors (Lipinski definition) is 2. The minimum absolute atomic E-state index is 0.0959. The van der Waals surface area contributed by atoms with Gasteiger partial charge in [0.2, 0.25) is 0 Å². The summed E-state index contributed by atoms with van der Waals surface area (Å²) in [6, 6.07) is 9.85. The summed E-state index contributed by atoms with van der Waals surface area (Å²) in [6.45, 7) is 5.85. The lowest BCUT2D eigenvalue weighted by Crippen LogP contribution is -2.35. The summed E-state index contributed by atoms with van der Waals surface area (Å²) in [7, 11) is 0. The molecule has 86 valence electrons. The van der Waals surface area contributed by atoms with E-state index < -0.39 is 6.09 Å². The zero-order chi connectivity index (χ0) is 11.8. The van der Waals surface area contributed by atoms with Crippen molar-refractivity contribution in [2.45, 2.75) is 19.4 Å². The maximum atomic E-state index is 11.2. The predicted octanol–water partition coefficient (Wildman–Crippen LogP) is 2.53. The number of carbonyl (C=O) groups excluding carboxylic acids is 1. The van der Waals surface area contributed by atoms with Gasteiger partial charge in [-0.2, -0.15) is 0 Å². The summed E-state index contributed by atoms with van der Waals surface area (Å²) in [5.74, 6) is 0. The molecule has 3 nitrogen and oxygen atoms in total. The first-order valence-corrected chi connectivity index (χ1v) is 5.36. The number of nitrogens with one attached hydrogen (secondary N) is 1. The highest BCUT2D eigenvalue weighted by molar-refractivity contribution is 5.67. The minimum Gasteiger partial charge on any atom is -0.450 e. The van der Waals surface area contributed by atoms with E-state index >= 15 is 0 Å². The van der Waals surface area contributed by atoms with E-state index in [2.05, 4.69) is 11.9 Å². The second-order valence-electron chi connectivity index (χ2n) is 3.40. The number of benzene rings is 1. The maximum Gasteiger partial charge on any atom is 0.407 e. The standard InChI is InChI=1S/C13H17NO2/c1-3-12(14-13(15)16-4-2)10-11-8-6-5-7-9-11/h3,5-9,12H,1,4,10H2,2H3,(H,14,15). The fourth-order valence-electron chi connectivity index (χ4n) is 1.39. The van der Waals surface area contributed by atoms with Gasteiger partial charge in [0, 0.05) is 0 Å². The molecule has 0 heterocycles. The van der Waals surface area contributed by atoms with Crippen LogP contribution in [0, 0.1) is 0 Å². The van der Waals surface area contributed by atoms with Gasteiger partial charge in [-0.05, 0) is 18.9 Å². The molecule has 1 aromatic carbocycles. The Bertz CT molecular complexity index is 335. The molecule has 0 fully saturated rings. The van der Waals surface area contributed by atoms with Gasteiger partial charge in [-0.3, -0.25) is 0 Å². The maximum absolute atomic E-state index is 11.2. The van der Waals surface area contributed by atoms with Gasteiger partial charge in [-0.25, -0.2) is 4.79 Å². The van der Waals surface area contributed by atoms with Gasteiger partial charge >= 0.3 is 6.09 Å². The molecule has 0 aliphatic heterocycles. The Balaban J connectivity index is 2.49. The SMILES string of the molecule is C=CC(Cc1ccccc1)NC(=O)OCC. The van der Waals surface area contributed by atoms with Crippen molar-refractivity contribution < 1.29 is 9.53 Å². The lowest BCUT2D eigenvalue weighted by atomic mass is 10.1. The number of amides is 1. The predicted molar refractivity (Wildman–Crippen MR) is 64.3 cm³/mol. The Morgan fingerprint density at radius 1 is 1.50 bits per heavy atom. The van der Waals surface area contributed by atoms with Crippen LogP contribution >= 0.6 is 0 Å². The van der Waals surface area contributed by atoms with Crippen molar-refractivity contribution in [2.75, 3.05) is 6.61 Å². The van der Waals surface area contributed by atoms with E-state index in [0.29, 0.717) is 6.61 Å². The van der Waals surface area contributed by atoms with Crippen molar-refractivity contribution >= 4 is 6.09 Å². The summed E-state index contributed by atoms with van der Waals surface area (Å²) in [5, 5.41) is 2.74. The van der Waals surface area contributed by atoms with Gasteiger partial charge in [0.15, 0.2) is 0 Å². The monoisotopic (exact) mass is 219 g/mol. The molecule has 0 bridgehead atoms. The van der Waals surface area contributed by atoms with Gasteiger partial charge < -0.3 is 10.1 Å². The van der Waals surface area contributed by atoms with Crippen LogP contribution in [0.2, 0.25) is 0 Å².